The smallest absolute Gasteiger partial charge is 0.341 e. The average molecular weight is 471 g/mol. The first kappa shape index (κ1) is 23.6. The van der Waals surface area contributed by atoms with Crippen LogP contribution in [-0.2, 0) is 4.79 Å². The zero-order valence-corrected chi connectivity index (χ0v) is 19.3. The van der Waals surface area contributed by atoms with Crippen molar-refractivity contribution in [1.82, 2.24) is 0 Å². The van der Waals surface area contributed by atoms with Crippen molar-refractivity contribution >= 4 is 34.9 Å². The summed E-state index contributed by atoms with van der Waals surface area (Å²) in [6, 6.07) is 21.0. The lowest BCUT2D eigenvalue weighted by Crippen LogP contribution is -2.09. The maximum atomic E-state index is 10.7. The number of carboxylic acid groups (broad SMARTS) is 1. The van der Waals surface area contributed by atoms with Gasteiger partial charge in [-0.3, -0.25) is 0 Å². The number of methoxy groups -OCH3 is 2. The van der Waals surface area contributed by atoms with Crippen LogP contribution < -0.4 is 14.2 Å². The molecule has 3 aromatic carbocycles. The number of thioether (sulfide) groups is 1. The Labute approximate surface area is 196 Å². The van der Waals surface area contributed by atoms with Gasteiger partial charge < -0.3 is 19.3 Å². The zero-order valence-electron chi connectivity index (χ0n) is 17.7. The topological polar surface area (TPSA) is 65.0 Å². The molecule has 0 aliphatic carbocycles. The van der Waals surface area contributed by atoms with E-state index < -0.39 is 12.6 Å². The Morgan fingerprint density at radius 3 is 1.91 bits per heavy atom. The van der Waals surface area contributed by atoms with E-state index in [1.54, 1.807) is 38.1 Å². The molecule has 0 unspecified atom stereocenters. The molecule has 0 aromatic heterocycles. The van der Waals surface area contributed by atoms with Gasteiger partial charge in [-0.25, -0.2) is 4.79 Å². The van der Waals surface area contributed by atoms with Gasteiger partial charge in [0.1, 0.15) is 17.2 Å². The third kappa shape index (κ3) is 6.45. The van der Waals surface area contributed by atoms with Gasteiger partial charge in [0, 0.05) is 10.6 Å². The van der Waals surface area contributed by atoms with Gasteiger partial charge in [0.15, 0.2) is 6.61 Å². The normalized spacial score (nSPS) is 10.3. The van der Waals surface area contributed by atoms with Gasteiger partial charge >= 0.3 is 5.97 Å². The molecule has 0 saturated heterocycles. The van der Waals surface area contributed by atoms with E-state index in [4.69, 9.17) is 30.9 Å². The predicted octanol–water partition coefficient (Wildman–Crippen LogP) is 6.04. The van der Waals surface area contributed by atoms with E-state index in [2.05, 4.69) is 6.08 Å². The molecule has 3 aromatic rings. The largest absolute Gasteiger partial charge is 0.497 e. The van der Waals surface area contributed by atoms with Crippen molar-refractivity contribution in [2.45, 2.75) is 4.90 Å². The monoisotopic (exact) mass is 470 g/mol. The Balaban J connectivity index is 1.80. The summed E-state index contributed by atoms with van der Waals surface area (Å²) in [5.41, 5.74) is 3.22. The summed E-state index contributed by atoms with van der Waals surface area (Å²) in [5, 5.41) is 9.25. The average Bonchev–Trinajstić information content (AvgIpc) is 2.82. The number of rotatable bonds is 10. The van der Waals surface area contributed by atoms with E-state index >= 15 is 0 Å². The van der Waals surface area contributed by atoms with Crippen LogP contribution >= 0.6 is 23.4 Å². The van der Waals surface area contributed by atoms with Crippen LogP contribution in [-0.4, -0.2) is 37.7 Å². The molecule has 0 spiro atoms. The Morgan fingerprint density at radius 2 is 1.44 bits per heavy atom. The van der Waals surface area contributed by atoms with Crippen molar-refractivity contribution < 1.29 is 24.1 Å². The SMILES string of the molecule is COc1ccc(C(=CCSc2ccc(OCC(=O)O)cc2Cl)c2ccc(OC)cc2)cc1. The van der Waals surface area contributed by atoms with Crippen molar-refractivity contribution in [3.05, 3.63) is 89.0 Å². The highest BCUT2D eigenvalue weighted by Gasteiger charge is 2.08. The summed E-state index contributed by atoms with van der Waals surface area (Å²) in [6.45, 7) is -0.404. The van der Waals surface area contributed by atoms with Gasteiger partial charge in [0.25, 0.3) is 0 Å². The van der Waals surface area contributed by atoms with Crippen LogP contribution in [0.25, 0.3) is 5.57 Å². The van der Waals surface area contributed by atoms with E-state index in [-0.39, 0.29) is 0 Å². The number of hydrogen-bond donors (Lipinski definition) is 1. The highest BCUT2D eigenvalue weighted by atomic mass is 35.5. The molecule has 0 atom stereocenters. The highest BCUT2D eigenvalue weighted by molar-refractivity contribution is 7.99. The molecule has 166 valence electrons. The van der Waals surface area contributed by atoms with E-state index in [9.17, 15) is 4.79 Å². The third-order valence-electron chi connectivity index (χ3n) is 4.59. The Morgan fingerprint density at radius 1 is 0.906 bits per heavy atom. The minimum absolute atomic E-state index is 0.404. The number of halogens is 1. The first-order chi connectivity index (χ1) is 15.5. The Kier molecular flexibility index (Phi) is 8.48. The standard InChI is InChI=1S/C25H23ClO5S/c1-29-19-7-3-17(4-8-19)22(18-5-9-20(30-2)10-6-18)13-14-32-24-12-11-21(15-23(24)26)31-16-25(27)28/h3-13,15H,14,16H2,1-2H3,(H,27,28). The molecular formula is C25H23ClO5S. The summed E-state index contributed by atoms with van der Waals surface area (Å²) >= 11 is 7.95. The molecule has 0 aliphatic heterocycles. The number of benzene rings is 3. The molecular weight excluding hydrogens is 448 g/mol. The Bertz CT molecular complexity index is 1030. The number of hydrogen-bond acceptors (Lipinski definition) is 5. The third-order valence-corrected chi connectivity index (χ3v) is 6.02. The lowest BCUT2D eigenvalue weighted by Gasteiger charge is -2.11. The fourth-order valence-electron chi connectivity index (χ4n) is 2.99. The number of aliphatic carboxylic acids is 1. The fraction of sp³-hybridized carbons (Fsp3) is 0.160. The second-order valence-electron chi connectivity index (χ2n) is 6.66. The number of ether oxygens (including phenoxy) is 3. The summed E-state index contributed by atoms with van der Waals surface area (Å²) in [7, 11) is 3.29. The van der Waals surface area contributed by atoms with Crippen molar-refractivity contribution in [3.63, 3.8) is 0 Å². The number of carboxylic acids is 1. The van der Waals surface area contributed by atoms with Gasteiger partial charge in [0.05, 0.1) is 19.2 Å². The van der Waals surface area contributed by atoms with Crippen molar-refractivity contribution in [2.24, 2.45) is 0 Å². The van der Waals surface area contributed by atoms with Crippen LogP contribution in [0, 0.1) is 0 Å². The van der Waals surface area contributed by atoms with E-state index in [0.717, 1.165) is 33.1 Å². The molecule has 0 saturated carbocycles. The van der Waals surface area contributed by atoms with Gasteiger partial charge in [-0.15, -0.1) is 11.8 Å². The zero-order chi connectivity index (χ0) is 22.9. The summed E-state index contributed by atoms with van der Waals surface area (Å²) < 4.78 is 15.7. The fourth-order valence-corrected chi connectivity index (χ4v) is 4.12. The molecule has 0 heterocycles. The molecule has 7 heteroatoms. The minimum Gasteiger partial charge on any atom is -0.497 e. The molecule has 32 heavy (non-hydrogen) atoms. The predicted molar refractivity (Wildman–Crippen MR) is 128 cm³/mol. The maximum absolute atomic E-state index is 10.7. The number of carbonyl (C=O) groups is 1. The van der Waals surface area contributed by atoms with Gasteiger partial charge in [-0.1, -0.05) is 41.9 Å². The summed E-state index contributed by atoms with van der Waals surface area (Å²) in [6.07, 6.45) is 2.15. The van der Waals surface area contributed by atoms with Crippen LogP contribution in [0.3, 0.4) is 0 Å². The van der Waals surface area contributed by atoms with Crippen LogP contribution in [0.15, 0.2) is 77.7 Å². The van der Waals surface area contributed by atoms with Crippen LogP contribution in [0.2, 0.25) is 5.02 Å². The van der Waals surface area contributed by atoms with E-state index in [1.165, 1.54) is 0 Å². The van der Waals surface area contributed by atoms with E-state index in [0.29, 0.717) is 16.5 Å². The minimum atomic E-state index is -1.03. The van der Waals surface area contributed by atoms with Crippen LogP contribution in [0.5, 0.6) is 17.2 Å². The lowest BCUT2D eigenvalue weighted by atomic mass is 9.97. The van der Waals surface area contributed by atoms with Gasteiger partial charge in [0.2, 0.25) is 0 Å². The summed E-state index contributed by atoms with van der Waals surface area (Å²) in [5.74, 6) is 1.68. The molecule has 0 amide bonds. The molecule has 0 bridgehead atoms. The quantitative estimate of drug-likeness (QED) is 0.364. The van der Waals surface area contributed by atoms with Crippen LogP contribution in [0.4, 0.5) is 0 Å². The van der Waals surface area contributed by atoms with Crippen LogP contribution in [0.1, 0.15) is 11.1 Å². The van der Waals surface area contributed by atoms with Gasteiger partial charge in [-0.05, 0) is 59.2 Å². The summed E-state index contributed by atoms with van der Waals surface area (Å²) in [4.78, 5) is 11.5. The molecule has 0 fully saturated rings. The molecule has 1 N–H and O–H groups in total. The van der Waals surface area contributed by atoms with Gasteiger partial charge in [-0.2, -0.15) is 0 Å². The van der Waals surface area contributed by atoms with Crippen molar-refractivity contribution in [1.29, 1.82) is 0 Å². The maximum Gasteiger partial charge on any atom is 0.341 e. The first-order valence-electron chi connectivity index (χ1n) is 9.76. The van der Waals surface area contributed by atoms with Crippen molar-refractivity contribution in [2.75, 3.05) is 26.6 Å². The first-order valence-corrected chi connectivity index (χ1v) is 11.1. The highest BCUT2D eigenvalue weighted by Crippen LogP contribution is 2.33. The molecule has 3 rings (SSSR count). The second-order valence-corrected chi connectivity index (χ2v) is 8.13. The van der Waals surface area contributed by atoms with Crippen molar-refractivity contribution in [3.8, 4) is 17.2 Å². The van der Waals surface area contributed by atoms with E-state index in [1.807, 2.05) is 54.6 Å². The molecule has 5 nitrogen and oxygen atoms in total. The molecule has 0 radical (unpaired) electrons. The second kappa shape index (κ2) is 11.5. The Hall–Kier alpha value is -3.09. The molecule has 0 aliphatic rings. The lowest BCUT2D eigenvalue weighted by molar-refractivity contribution is -0.139.